The van der Waals surface area contributed by atoms with Gasteiger partial charge >= 0.3 is 5.97 Å². The highest BCUT2D eigenvalue weighted by atomic mass is 16.5. The smallest absolute Gasteiger partial charge is 0.331 e. The van der Waals surface area contributed by atoms with Gasteiger partial charge in [-0.25, -0.2) is 4.79 Å². The molecule has 1 rings (SSSR count). The molecule has 4 heteroatoms. The molecule has 0 radical (unpaired) electrons. The highest BCUT2D eigenvalue weighted by Gasteiger charge is 2.06. The third-order valence-corrected chi connectivity index (χ3v) is 4.25. The molecule has 4 nitrogen and oxygen atoms in total. The number of unbranched alkanes of at least 4 members (excludes halogenated alkanes) is 6. The van der Waals surface area contributed by atoms with E-state index in [1.807, 2.05) is 32.0 Å². The maximum atomic E-state index is 11.8. The lowest BCUT2D eigenvalue weighted by molar-refractivity contribution is -0.141. The average Bonchev–Trinajstić information content (AvgIpc) is 2.66. The minimum Gasteiger partial charge on any atom is -0.494 e. The Bertz CT molecular complexity index is 578. The van der Waals surface area contributed by atoms with Crippen LogP contribution in [0.4, 0.5) is 0 Å². The van der Waals surface area contributed by atoms with Crippen molar-refractivity contribution in [1.82, 2.24) is 0 Å². The summed E-state index contributed by atoms with van der Waals surface area (Å²) in [7, 11) is 0. The van der Waals surface area contributed by atoms with Gasteiger partial charge in [-0.2, -0.15) is 0 Å². The largest absolute Gasteiger partial charge is 0.494 e. The zero-order valence-electron chi connectivity index (χ0n) is 18.2. The van der Waals surface area contributed by atoms with Crippen molar-refractivity contribution in [1.29, 1.82) is 0 Å². The number of ether oxygens (including phenoxy) is 3. The molecule has 0 spiro atoms. The van der Waals surface area contributed by atoms with Crippen LogP contribution in [0.2, 0.25) is 0 Å². The molecule has 0 bridgehead atoms. The lowest BCUT2D eigenvalue weighted by Gasteiger charge is -2.12. The van der Waals surface area contributed by atoms with Crippen LogP contribution >= 0.6 is 0 Å². The Balaban J connectivity index is 2.73. The number of rotatable bonds is 15. The van der Waals surface area contributed by atoms with Crippen LogP contribution in [0.3, 0.4) is 0 Å². The second-order valence-corrected chi connectivity index (χ2v) is 7.34. The molecule has 0 N–H and O–H groups in total. The molecule has 0 aromatic heterocycles. The van der Waals surface area contributed by atoms with Crippen molar-refractivity contribution in [2.45, 2.75) is 85.2 Å². The van der Waals surface area contributed by atoms with Gasteiger partial charge in [-0.3, -0.25) is 0 Å². The van der Waals surface area contributed by atoms with Gasteiger partial charge in [0.25, 0.3) is 0 Å². The summed E-state index contributed by atoms with van der Waals surface area (Å²) >= 11 is 0. The fourth-order valence-corrected chi connectivity index (χ4v) is 2.74. The third kappa shape index (κ3) is 11.0. The number of esters is 1. The van der Waals surface area contributed by atoms with Gasteiger partial charge < -0.3 is 14.2 Å². The number of carbonyl (C=O) groups is 1. The summed E-state index contributed by atoms with van der Waals surface area (Å²) in [5.74, 6) is 1.21. The lowest BCUT2D eigenvalue weighted by Crippen LogP contribution is -2.08. The van der Waals surface area contributed by atoms with Crippen LogP contribution in [0.15, 0.2) is 24.3 Å². The van der Waals surface area contributed by atoms with Gasteiger partial charge in [0, 0.05) is 11.6 Å². The molecule has 0 amide bonds. The van der Waals surface area contributed by atoms with Gasteiger partial charge in [0.2, 0.25) is 0 Å². The van der Waals surface area contributed by atoms with E-state index in [0.29, 0.717) is 13.2 Å². The molecule has 0 heterocycles. The number of hydrogen-bond donors (Lipinski definition) is 0. The average molecular weight is 391 g/mol. The highest BCUT2D eigenvalue weighted by Crippen LogP contribution is 2.26. The van der Waals surface area contributed by atoms with Crippen LogP contribution < -0.4 is 9.47 Å². The summed E-state index contributed by atoms with van der Waals surface area (Å²) in [6.45, 7) is 9.45. The SMILES string of the molecule is CCCCCCOc1ccc(OCCCCCC)c(C=CC(=O)OC(C)C)c1. The summed E-state index contributed by atoms with van der Waals surface area (Å²) in [5, 5.41) is 0. The predicted molar refractivity (Wildman–Crippen MR) is 116 cm³/mol. The molecule has 1 aromatic carbocycles. The molecule has 0 aliphatic rings. The fraction of sp³-hybridized carbons (Fsp3) is 0.625. The van der Waals surface area contributed by atoms with Gasteiger partial charge in [0.15, 0.2) is 0 Å². The molecular formula is C24H38O4. The minimum atomic E-state index is -0.352. The zero-order chi connectivity index (χ0) is 20.6. The van der Waals surface area contributed by atoms with Crippen molar-refractivity contribution in [3.63, 3.8) is 0 Å². The van der Waals surface area contributed by atoms with Crippen molar-refractivity contribution in [2.75, 3.05) is 13.2 Å². The van der Waals surface area contributed by atoms with Crippen LogP contribution in [0.5, 0.6) is 11.5 Å². The minimum absolute atomic E-state index is 0.135. The first-order valence-corrected chi connectivity index (χ1v) is 10.8. The monoisotopic (exact) mass is 390 g/mol. The Hall–Kier alpha value is -1.97. The second kappa shape index (κ2) is 15.0. The maximum absolute atomic E-state index is 11.8. The Labute approximate surface area is 171 Å². The Morgan fingerprint density at radius 3 is 2.18 bits per heavy atom. The number of hydrogen-bond acceptors (Lipinski definition) is 4. The zero-order valence-corrected chi connectivity index (χ0v) is 18.2. The Morgan fingerprint density at radius 2 is 1.57 bits per heavy atom. The van der Waals surface area contributed by atoms with Crippen LogP contribution in [0, 0.1) is 0 Å². The van der Waals surface area contributed by atoms with Crippen molar-refractivity contribution in [3.05, 3.63) is 29.8 Å². The molecule has 1 aromatic rings. The van der Waals surface area contributed by atoms with Gasteiger partial charge in [-0.1, -0.05) is 52.4 Å². The van der Waals surface area contributed by atoms with Crippen molar-refractivity contribution in [2.24, 2.45) is 0 Å². The molecule has 0 fully saturated rings. The predicted octanol–water partition coefficient (Wildman–Crippen LogP) is 6.57. The third-order valence-electron chi connectivity index (χ3n) is 4.25. The van der Waals surface area contributed by atoms with E-state index in [-0.39, 0.29) is 12.1 Å². The van der Waals surface area contributed by atoms with Crippen LogP contribution in [0.25, 0.3) is 6.08 Å². The quantitative estimate of drug-likeness (QED) is 0.193. The molecule has 0 aliphatic carbocycles. The van der Waals surface area contributed by atoms with Crippen LogP contribution in [-0.4, -0.2) is 25.3 Å². The maximum Gasteiger partial charge on any atom is 0.331 e. The van der Waals surface area contributed by atoms with Crippen molar-refractivity contribution < 1.29 is 19.0 Å². The normalized spacial score (nSPS) is 11.2. The van der Waals surface area contributed by atoms with E-state index < -0.39 is 0 Å². The van der Waals surface area contributed by atoms with Gasteiger partial charge in [0.1, 0.15) is 11.5 Å². The Morgan fingerprint density at radius 1 is 0.929 bits per heavy atom. The van der Waals surface area contributed by atoms with E-state index in [9.17, 15) is 4.79 Å². The first kappa shape index (κ1) is 24.1. The van der Waals surface area contributed by atoms with Gasteiger partial charge in [-0.15, -0.1) is 0 Å². The summed E-state index contributed by atoms with van der Waals surface area (Å²) < 4.78 is 17.0. The first-order chi connectivity index (χ1) is 13.6. The van der Waals surface area contributed by atoms with E-state index in [0.717, 1.165) is 29.9 Å². The molecule has 0 saturated carbocycles. The van der Waals surface area contributed by atoms with Crippen LogP contribution in [0.1, 0.15) is 84.6 Å². The first-order valence-electron chi connectivity index (χ1n) is 10.8. The second-order valence-electron chi connectivity index (χ2n) is 7.34. The molecule has 158 valence electrons. The van der Waals surface area contributed by atoms with E-state index in [2.05, 4.69) is 13.8 Å². The van der Waals surface area contributed by atoms with Crippen molar-refractivity contribution >= 4 is 12.0 Å². The topological polar surface area (TPSA) is 44.8 Å². The highest BCUT2D eigenvalue weighted by molar-refractivity contribution is 5.87. The van der Waals surface area contributed by atoms with Gasteiger partial charge in [0.05, 0.1) is 19.3 Å². The molecule has 0 atom stereocenters. The van der Waals surface area contributed by atoms with E-state index in [1.165, 1.54) is 44.6 Å². The van der Waals surface area contributed by atoms with E-state index >= 15 is 0 Å². The van der Waals surface area contributed by atoms with Crippen molar-refractivity contribution in [3.8, 4) is 11.5 Å². The standard InChI is InChI=1S/C24H38O4/c1-5-7-9-11-17-26-22-14-15-23(27-18-12-10-8-6-2)21(19-22)13-16-24(25)28-20(3)4/h13-16,19-20H,5-12,17-18H2,1-4H3. The van der Waals surface area contributed by atoms with E-state index in [1.54, 1.807) is 6.08 Å². The molecule has 0 unspecified atom stereocenters. The fourth-order valence-electron chi connectivity index (χ4n) is 2.74. The van der Waals surface area contributed by atoms with E-state index in [4.69, 9.17) is 14.2 Å². The summed E-state index contributed by atoms with van der Waals surface area (Å²) in [4.78, 5) is 11.8. The summed E-state index contributed by atoms with van der Waals surface area (Å²) in [6.07, 6.45) is 12.4. The van der Waals surface area contributed by atoms with Crippen LogP contribution in [-0.2, 0) is 9.53 Å². The molecule has 28 heavy (non-hydrogen) atoms. The lowest BCUT2D eigenvalue weighted by atomic mass is 10.1. The summed E-state index contributed by atoms with van der Waals surface area (Å²) in [6, 6.07) is 5.79. The summed E-state index contributed by atoms with van der Waals surface area (Å²) in [5.41, 5.74) is 0.835. The number of carbonyl (C=O) groups excluding carboxylic acids is 1. The number of benzene rings is 1. The van der Waals surface area contributed by atoms with Gasteiger partial charge in [-0.05, 0) is 51.0 Å². The molecule has 0 aliphatic heterocycles. The molecule has 0 saturated heterocycles. The Kier molecular flexibility index (Phi) is 12.9. The molecular weight excluding hydrogens is 352 g/mol.